The van der Waals surface area contributed by atoms with E-state index >= 15 is 0 Å². The minimum atomic E-state index is -3.62. The molecule has 0 aliphatic heterocycles. The van der Waals surface area contributed by atoms with Gasteiger partial charge in [0.15, 0.2) is 5.03 Å². The summed E-state index contributed by atoms with van der Waals surface area (Å²) in [6, 6.07) is 0. The fourth-order valence-corrected chi connectivity index (χ4v) is 3.28. The first-order chi connectivity index (χ1) is 7.75. The third-order valence-corrected chi connectivity index (χ3v) is 5.60. The molecule has 0 radical (unpaired) electrons. The Labute approximate surface area is 115 Å². The van der Waals surface area contributed by atoms with Crippen LogP contribution >= 0.6 is 27.5 Å². The molecule has 1 unspecified atom stereocenters. The molecule has 0 fully saturated rings. The van der Waals surface area contributed by atoms with Crippen molar-refractivity contribution in [1.29, 1.82) is 0 Å². The Morgan fingerprint density at radius 1 is 1.59 bits per heavy atom. The van der Waals surface area contributed by atoms with E-state index in [1.165, 1.54) is 17.9 Å². The molecule has 0 aliphatic rings. The van der Waals surface area contributed by atoms with E-state index in [2.05, 4.69) is 25.8 Å². The van der Waals surface area contributed by atoms with E-state index < -0.39 is 10.0 Å². The predicted molar refractivity (Wildman–Crippen MR) is 71.0 cm³/mol. The molecule has 1 aromatic rings. The van der Waals surface area contributed by atoms with Crippen molar-refractivity contribution in [1.82, 2.24) is 14.5 Å². The van der Waals surface area contributed by atoms with Gasteiger partial charge in [-0.25, -0.2) is 13.1 Å². The van der Waals surface area contributed by atoms with Gasteiger partial charge in [0.25, 0.3) is 10.0 Å². The number of alkyl halides is 1. The van der Waals surface area contributed by atoms with E-state index in [4.69, 9.17) is 11.6 Å². The minimum absolute atomic E-state index is 0.0115. The summed E-state index contributed by atoms with van der Waals surface area (Å²) < 4.78 is 27.7. The summed E-state index contributed by atoms with van der Waals surface area (Å²) in [7, 11) is -2.08. The first-order valence-corrected chi connectivity index (χ1v) is 7.84. The van der Waals surface area contributed by atoms with Crippen molar-refractivity contribution >= 4 is 37.6 Å². The summed E-state index contributed by atoms with van der Waals surface area (Å²) in [5, 5.41) is 3.91. The van der Waals surface area contributed by atoms with E-state index in [9.17, 15) is 8.42 Å². The number of aromatic nitrogens is 2. The van der Waals surface area contributed by atoms with Gasteiger partial charge in [0, 0.05) is 18.4 Å². The molecule has 0 spiro atoms. The van der Waals surface area contributed by atoms with Crippen LogP contribution in [0.15, 0.2) is 11.2 Å². The quantitative estimate of drug-likeness (QED) is 0.828. The molecule has 0 amide bonds. The number of nitrogens with one attached hydrogen (secondary N) is 1. The number of rotatable bonds is 5. The van der Waals surface area contributed by atoms with Crippen molar-refractivity contribution in [3.05, 3.63) is 11.2 Å². The number of hydrogen-bond acceptors (Lipinski definition) is 3. The van der Waals surface area contributed by atoms with Gasteiger partial charge in [-0.1, -0.05) is 41.4 Å². The van der Waals surface area contributed by atoms with Gasteiger partial charge in [-0.2, -0.15) is 5.10 Å². The number of nitrogens with zero attached hydrogens (tertiary/aromatic N) is 2. The Bertz CT molecular complexity index is 467. The maximum absolute atomic E-state index is 12.0. The van der Waals surface area contributed by atoms with Gasteiger partial charge in [0.05, 0.1) is 11.2 Å². The smallest absolute Gasteiger partial charge is 0.255 e. The van der Waals surface area contributed by atoms with Crippen LogP contribution in [0.3, 0.4) is 0 Å². The average Bonchev–Trinajstić information content (AvgIpc) is 2.55. The monoisotopic (exact) mass is 343 g/mol. The fourth-order valence-electron chi connectivity index (χ4n) is 1.20. The summed E-state index contributed by atoms with van der Waals surface area (Å²) >= 11 is 9.21. The lowest BCUT2D eigenvalue weighted by molar-refractivity contribution is 0.549. The van der Waals surface area contributed by atoms with Crippen LogP contribution in [0.25, 0.3) is 0 Å². The fraction of sp³-hybridized carbons (Fsp3) is 0.667. The van der Waals surface area contributed by atoms with Gasteiger partial charge < -0.3 is 0 Å². The maximum Gasteiger partial charge on any atom is 0.259 e. The lowest BCUT2D eigenvalue weighted by atomic mass is 10.1. The SMILES string of the molecule is CC(C)C(Br)CNS(=O)(=O)c1c(Cl)cnn1C. The number of halogens is 2. The summed E-state index contributed by atoms with van der Waals surface area (Å²) in [6.07, 6.45) is 1.31. The van der Waals surface area contributed by atoms with Crippen molar-refractivity contribution in [2.75, 3.05) is 6.54 Å². The van der Waals surface area contributed by atoms with Crippen LogP contribution in [0, 0.1) is 5.92 Å². The third kappa shape index (κ3) is 3.67. The Hall–Kier alpha value is -0.110. The highest BCUT2D eigenvalue weighted by atomic mass is 79.9. The molecule has 98 valence electrons. The summed E-state index contributed by atoms with van der Waals surface area (Å²) in [5.74, 6) is 0.333. The molecule has 5 nitrogen and oxygen atoms in total. The molecule has 0 saturated heterocycles. The molecule has 1 heterocycles. The van der Waals surface area contributed by atoms with Crippen LogP contribution in [0.1, 0.15) is 13.8 Å². The summed E-state index contributed by atoms with van der Waals surface area (Å²) in [4.78, 5) is 0.0734. The van der Waals surface area contributed by atoms with E-state index in [1.807, 2.05) is 13.8 Å². The first-order valence-electron chi connectivity index (χ1n) is 5.07. The molecule has 0 aromatic carbocycles. The highest BCUT2D eigenvalue weighted by Gasteiger charge is 2.23. The molecule has 1 rings (SSSR count). The second-order valence-corrected chi connectivity index (χ2v) is 7.30. The number of hydrogen-bond donors (Lipinski definition) is 1. The van der Waals surface area contributed by atoms with Crippen LogP contribution < -0.4 is 4.72 Å². The zero-order chi connectivity index (χ0) is 13.2. The second-order valence-electron chi connectivity index (χ2n) is 4.03. The molecular weight excluding hydrogens is 330 g/mol. The van der Waals surface area contributed by atoms with Gasteiger partial charge in [-0.05, 0) is 5.92 Å². The van der Waals surface area contributed by atoms with E-state index in [-0.39, 0.29) is 14.9 Å². The standard InChI is InChI=1S/C9H15BrClN3O2S/c1-6(2)7(10)4-13-17(15,16)9-8(11)5-12-14(9)3/h5-7,13H,4H2,1-3H3. The van der Waals surface area contributed by atoms with Crippen LogP contribution in [0.5, 0.6) is 0 Å². The Kier molecular flexibility index (Phi) is 5.00. The summed E-state index contributed by atoms with van der Waals surface area (Å²) in [6.45, 7) is 4.32. The number of aryl methyl sites for hydroxylation is 1. The first kappa shape index (κ1) is 14.9. The average molecular weight is 345 g/mol. The minimum Gasteiger partial charge on any atom is -0.255 e. The Morgan fingerprint density at radius 3 is 2.59 bits per heavy atom. The van der Waals surface area contributed by atoms with E-state index in [1.54, 1.807) is 0 Å². The predicted octanol–water partition coefficient (Wildman–Crippen LogP) is 1.77. The highest BCUT2D eigenvalue weighted by Crippen LogP contribution is 2.20. The normalized spacial score (nSPS) is 14.2. The molecule has 0 saturated carbocycles. The molecule has 1 N–H and O–H groups in total. The van der Waals surface area contributed by atoms with E-state index in [0.29, 0.717) is 12.5 Å². The second kappa shape index (κ2) is 5.69. The largest absolute Gasteiger partial charge is 0.259 e. The van der Waals surface area contributed by atoms with Crippen LogP contribution in [0.4, 0.5) is 0 Å². The van der Waals surface area contributed by atoms with Crippen molar-refractivity contribution in [3.63, 3.8) is 0 Å². The Morgan fingerprint density at radius 2 is 2.18 bits per heavy atom. The van der Waals surface area contributed by atoms with Gasteiger partial charge in [0.2, 0.25) is 0 Å². The van der Waals surface area contributed by atoms with Crippen molar-refractivity contribution in [3.8, 4) is 0 Å². The summed E-state index contributed by atoms with van der Waals surface area (Å²) in [5.41, 5.74) is 0. The van der Waals surface area contributed by atoms with Gasteiger partial charge in [-0.15, -0.1) is 0 Å². The zero-order valence-corrected chi connectivity index (χ0v) is 13.0. The molecule has 8 heteroatoms. The number of sulfonamides is 1. The Balaban J connectivity index is 2.84. The van der Waals surface area contributed by atoms with Crippen molar-refractivity contribution in [2.24, 2.45) is 13.0 Å². The van der Waals surface area contributed by atoms with Crippen molar-refractivity contribution in [2.45, 2.75) is 23.7 Å². The van der Waals surface area contributed by atoms with Gasteiger partial charge in [-0.3, -0.25) is 4.68 Å². The molecular formula is C9H15BrClN3O2S. The van der Waals surface area contributed by atoms with E-state index in [0.717, 1.165) is 0 Å². The maximum atomic E-state index is 12.0. The lowest BCUT2D eigenvalue weighted by Crippen LogP contribution is -2.33. The van der Waals surface area contributed by atoms with Crippen molar-refractivity contribution < 1.29 is 8.42 Å². The molecule has 1 aromatic heterocycles. The molecule has 17 heavy (non-hydrogen) atoms. The van der Waals surface area contributed by atoms with Gasteiger partial charge >= 0.3 is 0 Å². The molecule has 0 aliphatic carbocycles. The molecule has 1 atom stereocenters. The third-order valence-electron chi connectivity index (χ3n) is 2.29. The topological polar surface area (TPSA) is 64.0 Å². The van der Waals surface area contributed by atoms with Crippen LogP contribution in [-0.4, -0.2) is 29.6 Å². The van der Waals surface area contributed by atoms with Crippen LogP contribution in [0.2, 0.25) is 5.02 Å². The van der Waals surface area contributed by atoms with Crippen LogP contribution in [-0.2, 0) is 17.1 Å². The highest BCUT2D eigenvalue weighted by molar-refractivity contribution is 9.09. The molecule has 0 bridgehead atoms. The lowest BCUT2D eigenvalue weighted by Gasteiger charge is -2.14. The van der Waals surface area contributed by atoms with Gasteiger partial charge in [0.1, 0.15) is 0 Å². The zero-order valence-electron chi connectivity index (χ0n) is 9.81.